The predicted molar refractivity (Wildman–Crippen MR) is 32.1 cm³/mol. The number of nitrogens with zero attached hydrogens (tertiary/aromatic N) is 1. The molecule has 2 nitrogen and oxygen atoms in total. The van der Waals surface area contributed by atoms with Gasteiger partial charge in [-0.3, -0.25) is 5.84 Å². The Bertz CT molecular complexity index is 90.7. The molecule has 0 spiro atoms. The molecule has 1 heterocycles. The lowest BCUT2D eigenvalue weighted by Gasteiger charge is -2.02. The van der Waals surface area contributed by atoms with Gasteiger partial charge in [0.25, 0.3) is 0 Å². The summed E-state index contributed by atoms with van der Waals surface area (Å²) >= 11 is 0. The van der Waals surface area contributed by atoms with Crippen LogP contribution in [-0.4, -0.2) is 17.1 Å². The highest BCUT2D eigenvalue weighted by molar-refractivity contribution is 5.00. The third-order valence-corrected chi connectivity index (χ3v) is 2.37. The van der Waals surface area contributed by atoms with Crippen molar-refractivity contribution in [3.8, 4) is 0 Å². The fraction of sp³-hybridized carbons (Fsp3) is 1.00. The third-order valence-electron chi connectivity index (χ3n) is 2.37. The summed E-state index contributed by atoms with van der Waals surface area (Å²) in [5, 5.41) is 2.01. The first kappa shape index (κ1) is 4.77. The van der Waals surface area contributed by atoms with Crippen LogP contribution in [-0.2, 0) is 0 Å². The van der Waals surface area contributed by atoms with Gasteiger partial charge in [0.2, 0.25) is 0 Å². The fourth-order valence-corrected chi connectivity index (χ4v) is 1.75. The second-order valence-corrected chi connectivity index (χ2v) is 2.87. The molecule has 8 heavy (non-hydrogen) atoms. The summed E-state index contributed by atoms with van der Waals surface area (Å²) < 4.78 is 0. The van der Waals surface area contributed by atoms with E-state index < -0.39 is 0 Å². The van der Waals surface area contributed by atoms with Crippen LogP contribution in [0.3, 0.4) is 0 Å². The van der Waals surface area contributed by atoms with Gasteiger partial charge in [-0.25, -0.2) is 5.01 Å². The van der Waals surface area contributed by atoms with Gasteiger partial charge < -0.3 is 0 Å². The van der Waals surface area contributed by atoms with Crippen molar-refractivity contribution in [3.05, 3.63) is 0 Å². The van der Waals surface area contributed by atoms with E-state index >= 15 is 0 Å². The van der Waals surface area contributed by atoms with E-state index in [0.717, 1.165) is 12.1 Å². The molecule has 2 unspecified atom stereocenters. The van der Waals surface area contributed by atoms with Crippen LogP contribution in [0.25, 0.3) is 0 Å². The zero-order chi connectivity index (χ0) is 5.56. The first-order chi connectivity index (χ1) is 3.89. The number of hydrogen-bond acceptors (Lipinski definition) is 2. The molecule has 2 aliphatic rings. The van der Waals surface area contributed by atoms with Crippen molar-refractivity contribution >= 4 is 0 Å². The SMILES string of the molecule is NN1C2CCCCC21. The highest BCUT2D eigenvalue weighted by Crippen LogP contribution is 2.36. The second-order valence-electron chi connectivity index (χ2n) is 2.87. The van der Waals surface area contributed by atoms with E-state index in [2.05, 4.69) is 0 Å². The van der Waals surface area contributed by atoms with Gasteiger partial charge in [0.05, 0.1) is 0 Å². The average Bonchev–Trinajstić information content (AvgIpc) is 2.46. The molecule has 0 amide bonds. The van der Waals surface area contributed by atoms with E-state index in [4.69, 9.17) is 5.84 Å². The maximum atomic E-state index is 5.61. The summed E-state index contributed by atoms with van der Waals surface area (Å²) in [5.74, 6) is 5.61. The minimum atomic E-state index is 0.781. The van der Waals surface area contributed by atoms with Crippen LogP contribution in [0.5, 0.6) is 0 Å². The van der Waals surface area contributed by atoms with Crippen molar-refractivity contribution in [2.75, 3.05) is 0 Å². The van der Waals surface area contributed by atoms with Crippen LogP contribution < -0.4 is 5.84 Å². The molecule has 2 N–H and O–H groups in total. The van der Waals surface area contributed by atoms with Gasteiger partial charge in [0, 0.05) is 12.1 Å². The molecule has 1 saturated heterocycles. The van der Waals surface area contributed by atoms with E-state index in [1.165, 1.54) is 25.7 Å². The van der Waals surface area contributed by atoms with Crippen molar-refractivity contribution in [2.24, 2.45) is 5.84 Å². The molecule has 46 valence electrons. The molecule has 2 atom stereocenters. The summed E-state index contributed by atoms with van der Waals surface area (Å²) in [4.78, 5) is 0. The Hall–Kier alpha value is -0.0800. The number of nitrogens with two attached hydrogens (primary N) is 1. The van der Waals surface area contributed by atoms with Crippen LogP contribution in [0.4, 0.5) is 0 Å². The molecule has 1 aliphatic carbocycles. The minimum absolute atomic E-state index is 0.781. The van der Waals surface area contributed by atoms with Crippen molar-refractivity contribution in [1.29, 1.82) is 0 Å². The lowest BCUT2D eigenvalue weighted by atomic mass is 10.0. The smallest absolute Gasteiger partial charge is 0.0414 e. The molecular formula is C6H12N2. The number of fused-ring (bicyclic) bond motifs is 1. The molecule has 1 saturated carbocycles. The number of rotatable bonds is 0. The fourth-order valence-electron chi connectivity index (χ4n) is 1.75. The van der Waals surface area contributed by atoms with E-state index in [9.17, 15) is 0 Å². The standard InChI is InChI=1S/C6H12N2/c7-8-5-3-1-2-4-6(5)8/h5-6H,1-4,7H2. The molecule has 0 aromatic carbocycles. The van der Waals surface area contributed by atoms with E-state index in [1.807, 2.05) is 5.01 Å². The summed E-state index contributed by atoms with van der Waals surface area (Å²) in [5.41, 5.74) is 0. The van der Waals surface area contributed by atoms with Crippen LogP contribution in [0, 0.1) is 0 Å². The summed E-state index contributed by atoms with van der Waals surface area (Å²) in [6.45, 7) is 0. The molecule has 0 aromatic rings. The lowest BCUT2D eigenvalue weighted by Crippen LogP contribution is -2.09. The van der Waals surface area contributed by atoms with E-state index in [0.29, 0.717) is 0 Å². The maximum Gasteiger partial charge on any atom is 0.0414 e. The molecule has 2 rings (SSSR count). The molecule has 1 aliphatic heterocycles. The highest BCUT2D eigenvalue weighted by atomic mass is 15.6. The van der Waals surface area contributed by atoms with Crippen LogP contribution in [0.2, 0.25) is 0 Å². The third kappa shape index (κ3) is 0.501. The monoisotopic (exact) mass is 112 g/mol. The minimum Gasteiger partial charge on any atom is -0.268 e. The molecule has 0 aromatic heterocycles. The largest absolute Gasteiger partial charge is 0.268 e. The highest BCUT2D eigenvalue weighted by Gasteiger charge is 2.46. The zero-order valence-corrected chi connectivity index (χ0v) is 5.01. The first-order valence-corrected chi connectivity index (χ1v) is 3.42. The van der Waals surface area contributed by atoms with Gasteiger partial charge in [-0.2, -0.15) is 0 Å². The molecule has 2 heteroatoms. The van der Waals surface area contributed by atoms with Crippen LogP contribution in [0.15, 0.2) is 0 Å². The van der Waals surface area contributed by atoms with Crippen molar-refractivity contribution in [1.82, 2.24) is 5.01 Å². The molecule has 0 radical (unpaired) electrons. The molecule has 0 bridgehead atoms. The first-order valence-electron chi connectivity index (χ1n) is 3.42. The van der Waals surface area contributed by atoms with Crippen molar-refractivity contribution < 1.29 is 0 Å². The van der Waals surface area contributed by atoms with Gasteiger partial charge >= 0.3 is 0 Å². The van der Waals surface area contributed by atoms with Gasteiger partial charge in [-0.15, -0.1) is 0 Å². The van der Waals surface area contributed by atoms with Gasteiger partial charge in [-0.1, -0.05) is 12.8 Å². The Labute approximate surface area is 49.6 Å². The number of hydrazine groups is 1. The van der Waals surface area contributed by atoms with Crippen molar-refractivity contribution in [2.45, 2.75) is 37.8 Å². The Balaban J connectivity index is 1.97. The quantitative estimate of drug-likeness (QED) is 0.365. The summed E-state index contributed by atoms with van der Waals surface area (Å²) in [6.07, 6.45) is 5.49. The Morgan fingerprint density at radius 3 is 2.00 bits per heavy atom. The maximum absolute atomic E-state index is 5.61. The van der Waals surface area contributed by atoms with Crippen LogP contribution >= 0.6 is 0 Å². The zero-order valence-electron chi connectivity index (χ0n) is 5.01. The Morgan fingerprint density at radius 1 is 1.12 bits per heavy atom. The Kier molecular flexibility index (Phi) is 0.866. The van der Waals surface area contributed by atoms with Gasteiger partial charge in [0.15, 0.2) is 0 Å². The summed E-state index contributed by atoms with van der Waals surface area (Å²) in [6, 6.07) is 1.56. The Morgan fingerprint density at radius 2 is 1.62 bits per heavy atom. The second kappa shape index (κ2) is 1.45. The van der Waals surface area contributed by atoms with Crippen molar-refractivity contribution in [3.63, 3.8) is 0 Å². The number of hydrogen-bond donors (Lipinski definition) is 1. The van der Waals surface area contributed by atoms with E-state index in [-0.39, 0.29) is 0 Å². The molecule has 2 fully saturated rings. The summed E-state index contributed by atoms with van der Waals surface area (Å²) in [7, 11) is 0. The predicted octanol–water partition coefficient (Wildman–Crippen LogP) is 0.487. The van der Waals surface area contributed by atoms with Gasteiger partial charge in [-0.05, 0) is 12.8 Å². The van der Waals surface area contributed by atoms with Gasteiger partial charge in [0.1, 0.15) is 0 Å². The molecular weight excluding hydrogens is 100 g/mol. The normalized spacial score (nSPS) is 52.9. The average molecular weight is 112 g/mol. The topological polar surface area (TPSA) is 29.0 Å². The lowest BCUT2D eigenvalue weighted by molar-refractivity contribution is 0.507. The van der Waals surface area contributed by atoms with E-state index in [1.54, 1.807) is 0 Å². The van der Waals surface area contributed by atoms with Crippen LogP contribution in [0.1, 0.15) is 25.7 Å².